The van der Waals surface area contributed by atoms with Gasteiger partial charge in [0.15, 0.2) is 0 Å². The van der Waals surface area contributed by atoms with Crippen LogP contribution in [0.3, 0.4) is 0 Å². The van der Waals surface area contributed by atoms with E-state index in [2.05, 4.69) is 4.98 Å². The molecule has 1 amide bonds. The number of carboxylic acid groups (broad SMARTS) is 1. The predicted octanol–water partition coefficient (Wildman–Crippen LogP) is 1.86. The minimum absolute atomic E-state index is 0.189. The molecule has 0 radical (unpaired) electrons. The fourth-order valence-electron chi connectivity index (χ4n) is 4.00. The molecule has 132 valence electrons. The highest BCUT2D eigenvalue weighted by Crippen LogP contribution is 2.43. The van der Waals surface area contributed by atoms with Crippen molar-refractivity contribution in [1.82, 2.24) is 14.3 Å². The monoisotopic (exact) mass is 363 g/mol. The van der Waals surface area contributed by atoms with E-state index in [9.17, 15) is 14.7 Å². The number of carbonyl (C=O) groups is 2. The second kappa shape index (κ2) is 5.71. The van der Waals surface area contributed by atoms with Crippen LogP contribution in [0.2, 0.25) is 5.02 Å². The molecule has 25 heavy (non-hydrogen) atoms. The van der Waals surface area contributed by atoms with Crippen LogP contribution >= 0.6 is 11.6 Å². The Kier molecular flexibility index (Phi) is 3.73. The van der Waals surface area contributed by atoms with Gasteiger partial charge in [0.25, 0.3) is 5.91 Å². The summed E-state index contributed by atoms with van der Waals surface area (Å²) in [5.41, 5.74) is 0.749. The van der Waals surface area contributed by atoms with Crippen molar-refractivity contribution in [3.05, 3.63) is 34.7 Å². The number of aromatic nitrogens is 2. The Hall–Kier alpha value is -2.12. The molecule has 0 aliphatic carbocycles. The maximum absolute atomic E-state index is 13.2. The van der Waals surface area contributed by atoms with E-state index in [0.717, 1.165) is 0 Å². The van der Waals surface area contributed by atoms with Crippen molar-refractivity contribution < 1.29 is 19.4 Å². The number of amides is 1. The van der Waals surface area contributed by atoms with Crippen molar-refractivity contribution in [1.29, 1.82) is 0 Å². The Bertz CT molecular complexity index is 880. The highest BCUT2D eigenvalue weighted by atomic mass is 35.5. The summed E-state index contributed by atoms with van der Waals surface area (Å²) in [7, 11) is 0. The molecule has 2 atom stereocenters. The number of hydrogen-bond donors (Lipinski definition) is 1. The summed E-state index contributed by atoms with van der Waals surface area (Å²) in [4.78, 5) is 31.1. The number of fused-ring (bicyclic) bond motifs is 2. The second-order valence-corrected chi connectivity index (χ2v) is 7.23. The van der Waals surface area contributed by atoms with Crippen LogP contribution in [-0.2, 0) is 9.53 Å². The van der Waals surface area contributed by atoms with E-state index in [-0.39, 0.29) is 18.4 Å². The second-order valence-electron chi connectivity index (χ2n) is 6.79. The van der Waals surface area contributed by atoms with E-state index in [4.69, 9.17) is 16.3 Å². The highest BCUT2D eigenvalue weighted by Gasteiger charge is 2.55. The third-order valence-electron chi connectivity index (χ3n) is 5.38. The first-order valence-corrected chi connectivity index (χ1v) is 8.55. The number of aryl methyl sites for hydroxylation is 1. The van der Waals surface area contributed by atoms with Crippen molar-refractivity contribution in [3.63, 3.8) is 0 Å². The summed E-state index contributed by atoms with van der Waals surface area (Å²) in [6.07, 6.45) is 2.08. The number of likely N-dealkylation sites (tertiary alicyclic amines) is 1. The number of halogens is 1. The van der Waals surface area contributed by atoms with Gasteiger partial charge in [0.05, 0.1) is 22.7 Å². The highest BCUT2D eigenvalue weighted by molar-refractivity contribution is 6.30. The SMILES string of the molecule is Cc1nc2ccc(Cl)cn2c1C(=O)N1C[C@@H]2COCC[C@]2(C(=O)O)C1. The number of carboxylic acids is 1. The summed E-state index contributed by atoms with van der Waals surface area (Å²) in [6.45, 7) is 3.12. The summed E-state index contributed by atoms with van der Waals surface area (Å²) < 4.78 is 7.12. The number of rotatable bonds is 2. The molecule has 4 heterocycles. The number of carbonyl (C=O) groups excluding carboxylic acids is 1. The van der Waals surface area contributed by atoms with E-state index in [1.807, 2.05) is 0 Å². The maximum Gasteiger partial charge on any atom is 0.311 e. The Balaban J connectivity index is 1.72. The minimum Gasteiger partial charge on any atom is -0.481 e. The lowest BCUT2D eigenvalue weighted by molar-refractivity contribution is -0.157. The van der Waals surface area contributed by atoms with Crippen LogP contribution in [0.5, 0.6) is 0 Å². The molecule has 7 nitrogen and oxygen atoms in total. The van der Waals surface area contributed by atoms with Crippen LogP contribution in [0.15, 0.2) is 18.3 Å². The van der Waals surface area contributed by atoms with Crippen LogP contribution in [0, 0.1) is 18.3 Å². The van der Waals surface area contributed by atoms with Gasteiger partial charge in [0, 0.05) is 31.8 Å². The lowest BCUT2D eigenvalue weighted by Crippen LogP contribution is -2.45. The largest absolute Gasteiger partial charge is 0.481 e. The number of imidazole rings is 1. The van der Waals surface area contributed by atoms with E-state index in [1.165, 1.54) is 0 Å². The number of aliphatic carboxylic acids is 1. The molecule has 2 aromatic rings. The minimum atomic E-state index is -0.917. The molecular formula is C17H18ClN3O4. The lowest BCUT2D eigenvalue weighted by Gasteiger charge is -2.33. The number of hydrogen-bond acceptors (Lipinski definition) is 4. The number of nitrogens with zero attached hydrogens (tertiary/aromatic N) is 3. The van der Waals surface area contributed by atoms with Gasteiger partial charge >= 0.3 is 5.97 Å². The third kappa shape index (κ3) is 2.41. The summed E-state index contributed by atoms with van der Waals surface area (Å²) in [5.74, 6) is -1.26. The topological polar surface area (TPSA) is 84.1 Å². The van der Waals surface area contributed by atoms with Crippen LogP contribution in [0.25, 0.3) is 5.65 Å². The molecule has 2 fully saturated rings. The standard InChI is InChI=1S/C17H18ClN3O4/c1-10-14(21-7-12(18)2-3-13(21)19-10)15(22)20-6-11-8-25-5-4-17(11,9-20)16(23)24/h2-3,7,11H,4-6,8-9H2,1H3,(H,23,24)/t11-,17+/m1/s1. The molecule has 8 heteroatoms. The third-order valence-corrected chi connectivity index (χ3v) is 5.60. The normalized spacial score (nSPS) is 26.0. The lowest BCUT2D eigenvalue weighted by atomic mass is 9.74. The fraction of sp³-hybridized carbons (Fsp3) is 0.471. The van der Waals surface area contributed by atoms with Crippen LogP contribution in [0.1, 0.15) is 22.6 Å². The fourth-order valence-corrected chi connectivity index (χ4v) is 4.16. The Labute approximate surface area is 149 Å². The Morgan fingerprint density at radius 2 is 2.24 bits per heavy atom. The van der Waals surface area contributed by atoms with E-state index >= 15 is 0 Å². The summed E-state index contributed by atoms with van der Waals surface area (Å²) >= 11 is 6.06. The van der Waals surface area contributed by atoms with Crippen LogP contribution < -0.4 is 0 Å². The van der Waals surface area contributed by atoms with Gasteiger partial charge in [0.2, 0.25) is 0 Å². The zero-order valence-corrected chi connectivity index (χ0v) is 14.5. The molecule has 2 aliphatic heterocycles. The molecule has 1 N–H and O–H groups in total. The van der Waals surface area contributed by atoms with E-state index < -0.39 is 11.4 Å². The van der Waals surface area contributed by atoms with Gasteiger partial charge in [-0.2, -0.15) is 0 Å². The van der Waals surface area contributed by atoms with Crippen LogP contribution in [-0.4, -0.2) is 57.6 Å². The molecule has 2 aliphatic rings. The zero-order valence-electron chi connectivity index (χ0n) is 13.7. The van der Waals surface area contributed by atoms with Gasteiger partial charge in [-0.05, 0) is 25.5 Å². The summed E-state index contributed by atoms with van der Waals surface area (Å²) in [6, 6.07) is 3.47. The molecule has 0 spiro atoms. The van der Waals surface area contributed by atoms with Crippen LogP contribution in [0.4, 0.5) is 0 Å². The molecule has 0 aromatic carbocycles. The molecule has 4 rings (SSSR count). The van der Waals surface area contributed by atoms with Crippen molar-refractivity contribution in [2.75, 3.05) is 26.3 Å². The smallest absolute Gasteiger partial charge is 0.311 e. The first-order valence-electron chi connectivity index (χ1n) is 8.17. The summed E-state index contributed by atoms with van der Waals surface area (Å²) in [5, 5.41) is 10.3. The average molecular weight is 364 g/mol. The number of ether oxygens (including phenoxy) is 1. The molecule has 0 saturated carbocycles. The average Bonchev–Trinajstić information content (AvgIpc) is 3.12. The quantitative estimate of drug-likeness (QED) is 0.880. The molecule has 2 aromatic heterocycles. The van der Waals surface area contributed by atoms with Gasteiger partial charge in [0.1, 0.15) is 11.3 Å². The molecular weight excluding hydrogens is 346 g/mol. The van der Waals surface area contributed by atoms with E-state index in [0.29, 0.717) is 48.2 Å². The first-order chi connectivity index (χ1) is 11.9. The first kappa shape index (κ1) is 16.4. The molecule has 0 bridgehead atoms. The maximum atomic E-state index is 13.2. The van der Waals surface area contributed by atoms with Crippen molar-refractivity contribution in [2.45, 2.75) is 13.3 Å². The van der Waals surface area contributed by atoms with Crippen molar-refractivity contribution in [3.8, 4) is 0 Å². The number of pyridine rings is 1. The van der Waals surface area contributed by atoms with E-state index in [1.54, 1.807) is 34.6 Å². The van der Waals surface area contributed by atoms with Gasteiger partial charge < -0.3 is 14.7 Å². The van der Waals surface area contributed by atoms with Crippen molar-refractivity contribution >= 4 is 29.1 Å². The molecule has 0 unspecified atom stereocenters. The van der Waals surface area contributed by atoms with Gasteiger partial charge in [-0.25, -0.2) is 4.98 Å². The van der Waals surface area contributed by atoms with Crippen molar-refractivity contribution in [2.24, 2.45) is 11.3 Å². The molecule has 2 saturated heterocycles. The van der Waals surface area contributed by atoms with Gasteiger partial charge in [-0.3, -0.25) is 14.0 Å². The van der Waals surface area contributed by atoms with Gasteiger partial charge in [-0.1, -0.05) is 11.6 Å². The van der Waals surface area contributed by atoms with Gasteiger partial charge in [-0.15, -0.1) is 0 Å². The predicted molar refractivity (Wildman–Crippen MR) is 89.8 cm³/mol. The Morgan fingerprint density at radius 1 is 1.44 bits per heavy atom. The Morgan fingerprint density at radius 3 is 2.96 bits per heavy atom. The zero-order chi connectivity index (χ0) is 17.8.